The number of hydrogen-bond acceptors (Lipinski definition) is 4. The van der Waals surface area contributed by atoms with Crippen LogP contribution in [0.25, 0.3) is 0 Å². The molecule has 0 spiro atoms. The van der Waals surface area contributed by atoms with Crippen molar-refractivity contribution in [2.45, 2.75) is 58.9 Å². The Morgan fingerprint density at radius 1 is 1.24 bits per heavy atom. The third-order valence-electron chi connectivity index (χ3n) is 4.11. The van der Waals surface area contributed by atoms with Crippen molar-refractivity contribution >= 4 is 41.3 Å². The van der Waals surface area contributed by atoms with E-state index >= 15 is 0 Å². The Bertz CT molecular complexity index is 518. The van der Waals surface area contributed by atoms with Crippen LogP contribution in [0.3, 0.4) is 0 Å². The van der Waals surface area contributed by atoms with Gasteiger partial charge in [0.25, 0.3) is 0 Å². The van der Waals surface area contributed by atoms with Crippen LogP contribution in [-0.4, -0.2) is 48.6 Å². The van der Waals surface area contributed by atoms with Gasteiger partial charge in [-0.2, -0.15) is 0 Å². The quantitative estimate of drug-likeness (QED) is 0.372. The van der Waals surface area contributed by atoms with Crippen LogP contribution in [0.4, 0.5) is 0 Å². The highest BCUT2D eigenvalue weighted by atomic mass is 127. The lowest BCUT2D eigenvalue weighted by Gasteiger charge is -2.26. The van der Waals surface area contributed by atoms with Crippen LogP contribution in [0.2, 0.25) is 0 Å². The van der Waals surface area contributed by atoms with Crippen LogP contribution in [0.15, 0.2) is 10.4 Å². The van der Waals surface area contributed by atoms with E-state index in [9.17, 15) is 0 Å². The number of aromatic nitrogens is 1. The first kappa shape index (κ1) is 22.6. The van der Waals surface area contributed by atoms with Crippen molar-refractivity contribution in [1.29, 1.82) is 0 Å². The number of hydrogen-bond donors (Lipinski definition) is 2. The third kappa shape index (κ3) is 8.21. The van der Waals surface area contributed by atoms with Crippen molar-refractivity contribution in [2.75, 3.05) is 32.7 Å². The summed E-state index contributed by atoms with van der Waals surface area (Å²) in [6, 6.07) is 0. The fourth-order valence-corrected chi connectivity index (χ4v) is 3.64. The minimum Gasteiger partial charge on any atom is -0.357 e. The summed E-state index contributed by atoms with van der Waals surface area (Å²) in [5.41, 5.74) is 1.17. The molecule has 0 saturated carbocycles. The Labute approximate surface area is 174 Å². The molecule has 2 rings (SSSR count). The SMILES string of the molecule is CCNC(=NCc1csc(C(C)(C)C)n1)NCCN1CCCCC1.I. The Kier molecular flexibility index (Phi) is 10.3. The van der Waals surface area contributed by atoms with Gasteiger partial charge in [0.05, 0.1) is 17.2 Å². The number of aliphatic imine (C=N–C) groups is 1. The van der Waals surface area contributed by atoms with Gasteiger partial charge in [0.1, 0.15) is 0 Å². The molecule has 0 aromatic carbocycles. The number of nitrogens with one attached hydrogen (secondary N) is 2. The van der Waals surface area contributed by atoms with Gasteiger partial charge < -0.3 is 15.5 Å². The molecule has 5 nitrogen and oxygen atoms in total. The third-order valence-corrected chi connectivity index (χ3v) is 5.42. The summed E-state index contributed by atoms with van der Waals surface area (Å²) in [5, 5.41) is 10.1. The number of piperidine rings is 1. The van der Waals surface area contributed by atoms with E-state index in [1.165, 1.54) is 37.4 Å². The van der Waals surface area contributed by atoms with Gasteiger partial charge in [-0.1, -0.05) is 27.2 Å². The molecule has 144 valence electrons. The number of thiazole rings is 1. The molecule has 1 aromatic heterocycles. The molecule has 1 aliphatic heterocycles. The largest absolute Gasteiger partial charge is 0.357 e. The minimum atomic E-state index is 0. The highest BCUT2D eigenvalue weighted by Gasteiger charge is 2.17. The maximum absolute atomic E-state index is 4.71. The van der Waals surface area contributed by atoms with Gasteiger partial charge in [0.2, 0.25) is 0 Å². The zero-order valence-electron chi connectivity index (χ0n) is 16.1. The Balaban J connectivity index is 0.00000312. The maximum Gasteiger partial charge on any atom is 0.191 e. The molecule has 0 bridgehead atoms. The fourth-order valence-electron chi connectivity index (χ4n) is 2.74. The molecule has 0 radical (unpaired) electrons. The summed E-state index contributed by atoms with van der Waals surface area (Å²) in [6.45, 7) is 14.7. The van der Waals surface area contributed by atoms with Crippen molar-refractivity contribution < 1.29 is 0 Å². The summed E-state index contributed by atoms with van der Waals surface area (Å²) in [7, 11) is 0. The van der Waals surface area contributed by atoms with E-state index in [0.29, 0.717) is 6.54 Å². The normalized spacial score (nSPS) is 16.4. The molecular formula is C18H34IN5S. The predicted octanol–water partition coefficient (Wildman–Crippen LogP) is 3.60. The first-order valence-corrected chi connectivity index (χ1v) is 10.1. The molecule has 1 fully saturated rings. The lowest BCUT2D eigenvalue weighted by atomic mass is 9.98. The number of rotatable bonds is 6. The first-order valence-electron chi connectivity index (χ1n) is 9.18. The highest BCUT2D eigenvalue weighted by Crippen LogP contribution is 2.25. The number of guanidine groups is 1. The minimum absolute atomic E-state index is 0. The molecule has 0 atom stereocenters. The lowest BCUT2D eigenvalue weighted by Crippen LogP contribution is -2.42. The van der Waals surface area contributed by atoms with E-state index in [1.54, 1.807) is 11.3 Å². The molecule has 2 heterocycles. The van der Waals surface area contributed by atoms with Gasteiger partial charge >= 0.3 is 0 Å². The van der Waals surface area contributed by atoms with Crippen LogP contribution in [-0.2, 0) is 12.0 Å². The summed E-state index contributed by atoms with van der Waals surface area (Å²) in [5.74, 6) is 0.889. The summed E-state index contributed by atoms with van der Waals surface area (Å²) < 4.78 is 0. The van der Waals surface area contributed by atoms with E-state index in [-0.39, 0.29) is 29.4 Å². The van der Waals surface area contributed by atoms with Crippen molar-refractivity contribution in [3.63, 3.8) is 0 Å². The van der Waals surface area contributed by atoms with E-state index in [1.807, 2.05) is 0 Å². The zero-order valence-corrected chi connectivity index (χ0v) is 19.2. The van der Waals surface area contributed by atoms with Gasteiger partial charge in [-0.05, 0) is 32.9 Å². The Morgan fingerprint density at radius 3 is 2.56 bits per heavy atom. The lowest BCUT2D eigenvalue weighted by molar-refractivity contribution is 0.232. The van der Waals surface area contributed by atoms with Crippen molar-refractivity contribution in [2.24, 2.45) is 4.99 Å². The monoisotopic (exact) mass is 479 g/mol. The first-order chi connectivity index (χ1) is 11.5. The van der Waals surface area contributed by atoms with Gasteiger partial charge in [-0.25, -0.2) is 9.98 Å². The molecule has 0 aliphatic carbocycles. The molecule has 1 aromatic rings. The number of likely N-dealkylation sites (tertiary alicyclic amines) is 1. The predicted molar refractivity (Wildman–Crippen MR) is 119 cm³/mol. The summed E-state index contributed by atoms with van der Waals surface area (Å²) in [6.07, 6.45) is 4.07. The second-order valence-electron chi connectivity index (χ2n) is 7.42. The summed E-state index contributed by atoms with van der Waals surface area (Å²) >= 11 is 1.73. The van der Waals surface area contributed by atoms with Crippen LogP contribution >= 0.6 is 35.3 Å². The molecule has 0 unspecified atom stereocenters. The van der Waals surface area contributed by atoms with Crippen molar-refractivity contribution in [3.05, 3.63) is 16.1 Å². The van der Waals surface area contributed by atoms with Gasteiger partial charge in [0.15, 0.2) is 5.96 Å². The number of nitrogens with zero attached hydrogens (tertiary/aromatic N) is 3. The molecule has 25 heavy (non-hydrogen) atoms. The molecule has 0 amide bonds. The Hall–Kier alpha value is -0.410. The zero-order chi connectivity index (χ0) is 17.4. The average Bonchev–Trinajstić information content (AvgIpc) is 3.03. The van der Waals surface area contributed by atoms with Crippen LogP contribution in [0, 0.1) is 0 Å². The van der Waals surface area contributed by atoms with Crippen LogP contribution in [0.1, 0.15) is 57.7 Å². The average molecular weight is 479 g/mol. The molecule has 1 saturated heterocycles. The topological polar surface area (TPSA) is 52.6 Å². The van der Waals surface area contributed by atoms with Gasteiger partial charge in [-0.15, -0.1) is 35.3 Å². The highest BCUT2D eigenvalue weighted by molar-refractivity contribution is 14.0. The van der Waals surface area contributed by atoms with Crippen LogP contribution < -0.4 is 10.6 Å². The second-order valence-corrected chi connectivity index (χ2v) is 8.28. The van der Waals surface area contributed by atoms with Gasteiger partial charge in [0, 0.05) is 30.4 Å². The smallest absolute Gasteiger partial charge is 0.191 e. The molecule has 1 aliphatic rings. The fraction of sp³-hybridized carbons (Fsp3) is 0.778. The molecular weight excluding hydrogens is 445 g/mol. The molecule has 2 N–H and O–H groups in total. The van der Waals surface area contributed by atoms with Crippen LogP contribution in [0.5, 0.6) is 0 Å². The van der Waals surface area contributed by atoms with E-state index in [2.05, 4.69) is 53.6 Å². The Morgan fingerprint density at radius 2 is 1.96 bits per heavy atom. The maximum atomic E-state index is 4.71. The van der Waals surface area contributed by atoms with Gasteiger partial charge in [-0.3, -0.25) is 0 Å². The standard InChI is InChI=1S/C18H33N5S.HI/c1-5-19-17(20-9-12-23-10-7-6-8-11-23)21-13-15-14-24-16(22-15)18(2,3)4;/h14H,5-13H2,1-4H3,(H2,19,20,21);1H. The van der Waals surface area contributed by atoms with Crippen molar-refractivity contribution in [1.82, 2.24) is 20.5 Å². The van der Waals surface area contributed by atoms with E-state index in [0.717, 1.165) is 31.3 Å². The number of halogens is 1. The second kappa shape index (κ2) is 11.3. The summed E-state index contributed by atoms with van der Waals surface area (Å²) in [4.78, 5) is 11.9. The van der Waals surface area contributed by atoms with Crippen molar-refractivity contribution in [3.8, 4) is 0 Å². The van der Waals surface area contributed by atoms with E-state index < -0.39 is 0 Å². The molecule has 7 heteroatoms. The van der Waals surface area contributed by atoms with E-state index in [4.69, 9.17) is 4.98 Å².